The Morgan fingerprint density at radius 2 is 1.89 bits per heavy atom. The molecule has 0 aliphatic heterocycles. The maximum absolute atomic E-state index is 13.2. The molecule has 0 fully saturated rings. The number of aliphatic imine (C=N–C) groups is 1. The molecule has 1 aromatic heterocycles. The number of carbonyl (C=O) groups excluding carboxylic acids is 1. The van der Waals surface area contributed by atoms with Gasteiger partial charge in [0.1, 0.15) is 0 Å². The number of aromatic nitrogens is 1. The highest BCUT2D eigenvalue weighted by Crippen LogP contribution is 2.17. The molecule has 136 valence electrons. The van der Waals surface area contributed by atoms with Crippen molar-refractivity contribution in [3.63, 3.8) is 0 Å². The molecule has 3 aromatic rings. The highest BCUT2D eigenvalue weighted by molar-refractivity contribution is 7.77. The van der Waals surface area contributed by atoms with Gasteiger partial charge in [0.05, 0.1) is 6.54 Å². The Hall–Kier alpha value is -2.56. The normalized spacial score (nSPS) is 12.6. The van der Waals surface area contributed by atoms with E-state index >= 15 is 0 Å². The number of pyridine rings is 1. The molecule has 0 radical (unpaired) electrons. The summed E-state index contributed by atoms with van der Waals surface area (Å²) in [5.41, 5.74) is 2.59. The zero-order valence-electron chi connectivity index (χ0n) is 14.9. The average Bonchev–Trinajstić information content (AvgIpc) is 2.67. The maximum Gasteiger partial charge on any atom is 0.237 e. The van der Waals surface area contributed by atoms with E-state index < -0.39 is 6.04 Å². The van der Waals surface area contributed by atoms with E-state index in [1.807, 2.05) is 66.3 Å². The summed E-state index contributed by atoms with van der Waals surface area (Å²) < 4.78 is 1.81. The van der Waals surface area contributed by atoms with Gasteiger partial charge in [-0.3, -0.25) is 4.79 Å². The molecule has 0 saturated carbocycles. The van der Waals surface area contributed by atoms with Gasteiger partial charge >= 0.3 is 0 Å². The minimum absolute atomic E-state index is 0.130. The van der Waals surface area contributed by atoms with E-state index in [-0.39, 0.29) is 5.78 Å². The SMILES string of the molecule is Cc1ccc[n+]([C@H](C(=O)c2cccc(Cl)c2)C([S-])=NCc2ccccc2)c1. The molecule has 0 unspecified atom stereocenters. The molecule has 2 aromatic carbocycles. The van der Waals surface area contributed by atoms with E-state index in [2.05, 4.69) is 4.99 Å². The third-order valence-corrected chi connectivity index (χ3v) is 4.71. The van der Waals surface area contributed by atoms with E-state index in [9.17, 15) is 4.79 Å². The summed E-state index contributed by atoms with van der Waals surface area (Å²) in [5, 5.41) is 0.861. The van der Waals surface area contributed by atoms with Gasteiger partial charge < -0.3 is 17.6 Å². The van der Waals surface area contributed by atoms with Crippen LogP contribution in [-0.4, -0.2) is 10.8 Å². The van der Waals surface area contributed by atoms with Gasteiger partial charge in [0, 0.05) is 22.2 Å². The number of ketones is 1. The number of halogens is 1. The number of Topliss-reactive ketones (excluding diaryl/α,β-unsaturated/α-hetero) is 1. The number of benzene rings is 2. The minimum Gasteiger partial charge on any atom is -0.758 e. The first-order valence-corrected chi connectivity index (χ1v) is 9.35. The van der Waals surface area contributed by atoms with Crippen molar-refractivity contribution in [2.75, 3.05) is 0 Å². The Bertz CT molecular complexity index is 973. The Morgan fingerprint density at radius 1 is 1.11 bits per heavy atom. The second-order valence-corrected chi connectivity index (χ2v) is 7.10. The molecular formula is C22H19ClN2OS. The fourth-order valence-corrected chi connectivity index (χ4v) is 3.27. The van der Waals surface area contributed by atoms with Gasteiger partial charge in [0.15, 0.2) is 12.4 Å². The van der Waals surface area contributed by atoms with Crippen LogP contribution in [0, 0.1) is 6.92 Å². The van der Waals surface area contributed by atoms with E-state index in [1.54, 1.807) is 24.3 Å². The van der Waals surface area contributed by atoms with Crippen LogP contribution in [0.1, 0.15) is 27.5 Å². The van der Waals surface area contributed by atoms with Crippen LogP contribution in [0.25, 0.3) is 0 Å². The lowest BCUT2D eigenvalue weighted by Gasteiger charge is -2.19. The molecule has 0 bridgehead atoms. The van der Waals surface area contributed by atoms with Crippen LogP contribution in [0.5, 0.6) is 0 Å². The van der Waals surface area contributed by atoms with Gasteiger partial charge in [0.2, 0.25) is 11.8 Å². The third-order valence-electron chi connectivity index (χ3n) is 4.12. The number of nitrogens with zero attached hydrogens (tertiary/aromatic N) is 2. The molecule has 0 spiro atoms. The average molecular weight is 395 g/mol. The Kier molecular flexibility index (Phi) is 6.32. The predicted molar refractivity (Wildman–Crippen MR) is 111 cm³/mol. The Labute approximate surface area is 169 Å². The molecule has 3 nitrogen and oxygen atoms in total. The van der Waals surface area contributed by atoms with Crippen LogP contribution in [0.4, 0.5) is 0 Å². The topological polar surface area (TPSA) is 33.3 Å². The summed E-state index contributed by atoms with van der Waals surface area (Å²) in [7, 11) is 0. The molecule has 27 heavy (non-hydrogen) atoms. The fourth-order valence-electron chi connectivity index (χ4n) is 2.79. The van der Waals surface area contributed by atoms with Gasteiger partial charge in [-0.1, -0.05) is 54.1 Å². The third kappa shape index (κ3) is 5.00. The van der Waals surface area contributed by atoms with Crippen molar-refractivity contribution in [2.45, 2.75) is 19.5 Å². The van der Waals surface area contributed by atoms with Gasteiger partial charge in [-0.05, 0) is 35.7 Å². The largest absolute Gasteiger partial charge is 0.758 e. The molecule has 3 rings (SSSR count). The summed E-state index contributed by atoms with van der Waals surface area (Å²) in [6.07, 6.45) is 3.74. The second kappa shape index (κ2) is 8.89. The van der Waals surface area contributed by atoms with Gasteiger partial charge in [-0.15, -0.1) is 0 Å². The van der Waals surface area contributed by atoms with Gasteiger partial charge in [-0.25, -0.2) is 0 Å². The molecule has 0 aliphatic rings. The predicted octanol–water partition coefficient (Wildman–Crippen LogP) is 4.51. The second-order valence-electron chi connectivity index (χ2n) is 6.25. The first-order chi connectivity index (χ1) is 13.0. The quantitative estimate of drug-likeness (QED) is 0.203. The zero-order chi connectivity index (χ0) is 19.2. The van der Waals surface area contributed by atoms with Crippen LogP contribution >= 0.6 is 11.6 Å². The van der Waals surface area contributed by atoms with Crippen molar-refractivity contribution in [2.24, 2.45) is 4.99 Å². The smallest absolute Gasteiger partial charge is 0.237 e. The Balaban J connectivity index is 1.98. The number of hydrogen-bond acceptors (Lipinski definition) is 3. The molecule has 0 aliphatic carbocycles. The highest BCUT2D eigenvalue weighted by atomic mass is 35.5. The maximum atomic E-state index is 13.2. The number of aryl methyl sites for hydroxylation is 1. The lowest BCUT2D eigenvalue weighted by molar-refractivity contribution is -0.692. The first kappa shape index (κ1) is 19.2. The standard InChI is InChI=1S/C22H19ClN2OS/c1-16-7-6-12-25(15-16)20(21(26)18-10-5-11-19(23)13-18)22(27)24-14-17-8-3-2-4-9-17/h2-13,15,20H,14H2,1H3/t20-/m1/s1. The first-order valence-electron chi connectivity index (χ1n) is 8.57. The summed E-state index contributed by atoms with van der Waals surface area (Å²) >= 11 is 11.6. The van der Waals surface area contributed by atoms with E-state index in [0.29, 0.717) is 22.2 Å². The zero-order valence-corrected chi connectivity index (χ0v) is 16.5. The van der Waals surface area contributed by atoms with Crippen LogP contribution in [-0.2, 0) is 19.2 Å². The van der Waals surface area contributed by atoms with Crippen molar-refractivity contribution in [1.29, 1.82) is 0 Å². The van der Waals surface area contributed by atoms with Crippen molar-refractivity contribution in [1.82, 2.24) is 0 Å². The van der Waals surface area contributed by atoms with Gasteiger partial charge in [0.25, 0.3) is 0 Å². The Morgan fingerprint density at radius 3 is 2.59 bits per heavy atom. The lowest BCUT2D eigenvalue weighted by Crippen LogP contribution is -2.47. The summed E-state index contributed by atoms with van der Waals surface area (Å²) in [6, 6.07) is 19.9. The van der Waals surface area contributed by atoms with E-state index in [1.165, 1.54) is 0 Å². The summed E-state index contributed by atoms with van der Waals surface area (Å²) in [4.78, 5) is 17.8. The molecule has 1 atom stereocenters. The minimum atomic E-state index is -0.693. The van der Waals surface area contributed by atoms with Crippen molar-refractivity contribution in [3.05, 3.63) is 101 Å². The van der Waals surface area contributed by atoms with Crippen LogP contribution in [0.2, 0.25) is 5.02 Å². The van der Waals surface area contributed by atoms with Crippen LogP contribution in [0.15, 0.2) is 84.1 Å². The summed E-state index contributed by atoms with van der Waals surface area (Å²) in [5.74, 6) is -0.130. The van der Waals surface area contributed by atoms with Gasteiger partial charge in [-0.2, -0.15) is 4.57 Å². The molecule has 0 saturated heterocycles. The summed E-state index contributed by atoms with van der Waals surface area (Å²) in [6.45, 7) is 2.41. The molecule has 5 heteroatoms. The van der Waals surface area contributed by atoms with Crippen molar-refractivity contribution < 1.29 is 9.36 Å². The molecular weight excluding hydrogens is 376 g/mol. The number of hydrogen-bond donors (Lipinski definition) is 0. The van der Waals surface area contributed by atoms with E-state index in [0.717, 1.165) is 11.1 Å². The highest BCUT2D eigenvalue weighted by Gasteiger charge is 2.28. The molecule has 1 heterocycles. The van der Waals surface area contributed by atoms with Crippen LogP contribution < -0.4 is 4.57 Å². The van der Waals surface area contributed by atoms with Crippen molar-refractivity contribution >= 4 is 35.1 Å². The monoisotopic (exact) mass is 394 g/mol. The molecule has 0 amide bonds. The van der Waals surface area contributed by atoms with Crippen molar-refractivity contribution in [3.8, 4) is 0 Å². The van der Waals surface area contributed by atoms with Crippen LogP contribution in [0.3, 0.4) is 0 Å². The molecule has 0 N–H and O–H groups in total. The fraction of sp³-hybridized carbons (Fsp3) is 0.136. The number of rotatable bonds is 6. The lowest BCUT2D eigenvalue weighted by atomic mass is 10.0. The van der Waals surface area contributed by atoms with E-state index in [4.69, 9.17) is 24.2 Å². The number of carbonyl (C=O) groups is 1.